The standard InChI is InChI=1S/C21H27N3O5S/c1-3-4-15-29-19-9-11-20(12-10-19)30(27,28)23-14-13-22-21(26)17-5-7-18(8-6-17)24-16(2)25/h5-12,23H,3-4,13-15H2,1-2H3,(H,22,26)(H,24,25). The minimum atomic E-state index is -3.68. The number of sulfonamides is 1. The minimum Gasteiger partial charge on any atom is -0.494 e. The second kappa shape index (κ2) is 11.3. The van der Waals surface area contributed by atoms with Crippen molar-refractivity contribution >= 4 is 27.5 Å². The molecule has 0 aliphatic rings. The summed E-state index contributed by atoms with van der Waals surface area (Å²) in [6, 6.07) is 12.6. The van der Waals surface area contributed by atoms with E-state index in [1.54, 1.807) is 36.4 Å². The highest BCUT2D eigenvalue weighted by Crippen LogP contribution is 2.16. The van der Waals surface area contributed by atoms with Gasteiger partial charge < -0.3 is 15.4 Å². The fourth-order valence-electron chi connectivity index (χ4n) is 2.50. The molecule has 3 N–H and O–H groups in total. The zero-order valence-corrected chi connectivity index (χ0v) is 17.9. The van der Waals surface area contributed by atoms with E-state index in [-0.39, 0.29) is 29.8 Å². The van der Waals surface area contributed by atoms with Crippen LogP contribution >= 0.6 is 0 Å². The van der Waals surface area contributed by atoms with Gasteiger partial charge >= 0.3 is 0 Å². The van der Waals surface area contributed by atoms with Crippen LogP contribution in [0.15, 0.2) is 53.4 Å². The molecule has 0 aromatic heterocycles. The maximum atomic E-state index is 12.3. The first-order chi connectivity index (χ1) is 14.3. The zero-order valence-electron chi connectivity index (χ0n) is 17.1. The molecule has 2 aromatic carbocycles. The number of amides is 2. The summed E-state index contributed by atoms with van der Waals surface area (Å²) in [5.74, 6) is 0.0921. The summed E-state index contributed by atoms with van der Waals surface area (Å²) in [5.41, 5.74) is 0.999. The van der Waals surface area contributed by atoms with Crippen molar-refractivity contribution in [2.75, 3.05) is 25.0 Å². The number of ether oxygens (including phenoxy) is 1. The molecular formula is C21H27N3O5S. The zero-order chi connectivity index (χ0) is 22.0. The van der Waals surface area contributed by atoms with Crippen LogP contribution in [0.1, 0.15) is 37.0 Å². The summed E-state index contributed by atoms with van der Waals surface area (Å²) >= 11 is 0. The highest BCUT2D eigenvalue weighted by atomic mass is 32.2. The van der Waals surface area contributed by atoms with E-state index in [4.69, 9.17) is 4.74 Å². The predicted octanol–water partition coefficient (Wildman–Crippen LogP) is 2.53. The predicted molar refractivity (Wildman–Crippen MR) is 115 cm³/mol. The van der Waals surface area contributed by atoms with Crippen LogP contribution < -0.4 is 20.1 Å². The van der Waals surface area contributed by atoms with Crippen molar-refractivity contribution in [2.24, 2.45) is 0 Å². The van der Waals surface area contributed by atoms with Crippen molar-refractivity contribution in [1.29, 1.82) is 0 Å². The second-order valence-corrected chi connectivity index (χ2v) is 8.35. The molecule has 2 amide bonds. The topological polar surface area (TPSA) is 114 Å². The van der Waals surface area contributed by atoms with E-state index >= 15 is 0 Å². The molecule has 2 aromatic rings. The second-order valence-electron chi connectivity index (χ2n) is 6.59. The lowest BCUT2D eigenvalue weighted by molar-refractivity contribution is -0.114. The smallest absolute Gasteiger partial charge is 0.251 e. The number of nitrogens with one attached hydrogen (secondary N) is 3. The highest BCUT2D eigenvalue weighted by molar-refractivity contribution is 7.89. The largest absolute Gasteiger partial charge is 0.494 e. The van der Waals surface area contributed by atoms with E-state index in [1.807, 2.05) is 0 Å². The summed E-state index contributed by atoms with van der Waals surface area (Å²) in [7, 11) is -3.68. The van der Waals surface area contributed by atoms with E-state index in [1.165, 1.54) is 19.1 Å². The van der Waals surface area contributed by atoms with E-state index in [2.05, 4.69) is 22.3 Å². The van der Waals surface area contributed by atoms with E-state index in [0.29, 0.717) is 23.6 Å². The van der Waals surface area contributed by atoms with Crippen LogP contribution in [0.3, 0.4) is 0 Å². The number of rotatable bonds is 11. The molecule has 0 saturated heterocycles. The molecule has 0 unspecified atom stereocenters. The summed E-state index contributed by atoms with van der Waals surface area (Å²) in [5, 5.41) is 5.26. The Bertz CT molecular complexity index is 942. The van der Waals surface area contributed by atoms with Crippen molar-refractivity contribution < 1.29 is 22.7 Å². The Morgan fingerprint density at radius 2 is 1.63 bits per heavy atom. The van der Waals surface area contributed by atoms with Crippen LogP contribution in [0.2, 0.25) is 0 Å². The van der Waals surface area contributed by atoms with Crippen molar-refractivity contribution in [1.82, 2.24) is 10.0 Å². The number of unbranched alkanes of at least 4 members (excludes halogenated alkanes) is 1. The first kappa shape index (κ1) is 23.4. The highest BCUT2D eigenvalue weighted by Gasteiger charge is 2.14. The third-order valence-electron chi connectivity index (χ3n) is 4.07. The van der Waals surface area contributed by atoms with Gasteiger partial charge in [0, 0.05) is 31.3 Å². The molecule has 0 atom stereocenters. The lowest BCUT2D eigenvalue weighted by Crippen LogP contribution is -2.34. The van der Waals surface area contributed by atoms with Gasteiger partial charge in [-0.2, -0.15) is 0 Å². The molecule has 30 heavy (non-hydrogen) atoms. The fraction of sp³-hybridized carbons (Fsp3) is 0.333. The summed E-state index contributed by atoms with van der Waals surface area (Å²) in [6.45, 7) is 4.24. The Kier molecular flexibility index (Phi) is 8.82. The van der Waals surface area contributed by atoms with Gasteiger partial charge in [-0.1, -0.05) is 13.3 Å². The van der Waals surface area contributed by atoms with Crippen LogP contribution in [-0.4, -0.2) is 39.9 Å². The first-order valence-corrected chi connectivity index (χ1v) is 11.2. The van der Waals surface area contributed by atoms with Crippen LogP contribution in [0.4, 0.5) is 5.69 Å². The van der Waals surface area contributed by atoms with Crippen LogP contribution in [0.5, 0.6) is 5.75 Å². The number of hydrogen-bond donors (Lipinski definition) is 3. The monoisotopic (exact) mass is 433 g/mol. The lowest BCUT2D eigenvalue weighted by Gasteiger charge is -2.10. The minimum absolute atomic E-state index is 0.0484. The van der Waals surface area contributed by atoms with Crippen LogP contribution in [0, 0.1) is 0 Å². The van der Waals surface area contributed by atoms with Gasteiger partial charge in [-0.15, -0.1) is 0 Å². The maximum absolute atomic E-state index is 12.3. The fourth-order valence-corrected chi connectivity index (χ4v) is 3.54. The molecule has 0 radical (unpaired) electrons. The number of hydrogen-bond acceptors (Lipinski definition) is 5. The van der Waals surface area contributed by atoms with Gasteiger partial charge in [0.15, 0.2) is 0 Å². The van der Waals surface area contributed by atoms with E-state index in [0.717, 1.165) is 12.8 Å². The van der Waals surface area contributed by atoms with E-state index < -0.39 is 10.0 Å². The molecule has 8 nitrogen and oxygen atoms in total. The molecule has 0 saturated carbocycles. The summed E-state index contributed by atoms with van der Waals surface area (Å²) in [4.78, 5) is 23.3. The van der Waals surface area contributed by atoms with Crippen LogP contribution in [0.25, 0.3) is 0 Å². The van der Waals surface area contributed by atoms with Gasteiger partial charge in [-0.05, 0) is 55.0 Å². The molecule has 2 rings (SSSR count). The summed E-state index contributed by atoms with van der Waals surface area (Å²) in [6.07, 6.45) is 1.96. The third kappa shape index (κ3) is 7.49. The molecule has 0 spiro atoms. The van der Waals surface area contributed by atoms with Gasteiger partial charge in [0.05, 0.1) is 11.5 Å². The normalized spacial score (nSPS) is 11.0. The average Bonchev–Trinajstić information content (AvgIpc) is 2.72. The summed E-state index contributed by atoms with van der Waals surface area (Å²) < 4.78 is 32.7. The van der Waals surface area contributed by atoms with Gasteiger partial charge in [0.1, 0.15) is 5.75 Å². The third-order valence-corrected chi connectivity index (χ3v) is 5.55. The Balaban J connectivity index is 1.79. The molecule has 9 heteroatoms. The molecule has 0 aliphatic carbocycles. The Hall–Kier alpha value is -2.91. The quantitative estimate of drug-likeness (QED) is 0.471. The number of benzene rings is 2. The van der Waals surface area contributed by atoms with Gasteiger partial charge in [-0.3, -0.25) is 9.59 Å². The van der Waals surface area contributed by atoms with Crippen molar-refractivity contribution in [3.63, 3.8) is 0 Å². The van der Waals surface area contributed by atoms with Crippen molar-refractivity contribution in [2.45, 2.75) is 31.6 Å². The number of carbonyl (C=O) groups excluding carboxylic acids is 2. The van der Waals surface area contributed by atoms with E-state index in [9.17, 15) is 18.0 Å². The van der Waals surface area contributed by atoms with Crippen LogP contribution in [-0.2, 0) is 14.8 Å². The van der Waals surface area contributed by atoms with Crippen molar-refractivity contribution in [3.05, 3.63) is 54.1 Å². The molecule has 0 bridgehead atoms. The van der Waals surface area contributed by atoms with Crippen molar-refractivity contribution in [3.8, 4) is 5.75 Å². The number of carbonyl (C=O) groups is 2. The Labute approximate surface area is 177 Å². The van der Waals surface area contributed by atoms with Gasteiger partial charge in [-0.25, -0.2) is 13.1 Å². The molecule has 162 valence electrons. The number of anilines is 1. The average molecular weight is 434 g/mol. The van der Waals surface area contributed by atoms with Gasteiger partial charge in [0.25, 0.3) is 5.91 Å². The molecule has 0 fully saturated rings. The molecule has 0 aliphatic heterocycles. The lowest BCUT2D eigenvalue weighted by atomic mass is 10.2. The first-order valence-electron chi connectivity index (χ1n) is 9.70. The Morgan fingerprint density at radius 1 is 0.967 bits per heavy atom. The Morgan fingerprint density at radius 3 is 2.23 bits per heavy atom. The molecular weight excluding hydrogens is 406 g/mol. The molecule has 0 heterocycles. The maximum Gasteiger partial charge on any atom is 0.251 e. The van der Waals surface area contributed by atoms with Gasteiger partial charge in [0.2, 0.25) is 15.9 Å². The SMILES string of the molecule is CCCCOc1ccc(S(=O)(=O)NCCNC(=O)c2ccc(NC(C)=O)cc2)cc1.